The highest BCUT2D eigenvalue weighted by molar-refractivity contribution is 6.30. The molecule has 0 aliphatic rings. The molecule has 2 heteroatoms. The van der Waals surface area contributed by atoms with Crippen LogP contribution in [0.1, 0.15) is 32.3 Å². The first-order valence-electron chi connectivity index (χ1n) is 5.58. The molecule has 15 heavy (non-hydrogen) atoms. The lowest BCUT2D eigenvalue weighted by molar-refractivity contribution is 0.473. The molecule has 0 spiro atoms. The van der Waals surface area contributed by atoms with Crippen LogP contribution in [0.5, 0.6) is 0 Å². The number of aryl methyl sites for hydroxylation is 1. The zero-order chi connectivity index (χ0) is 11.3. The van der Waals surface area contributed by atoms with Gasteiger partial charge < -0.3 is 5.73 Å². The second kappa shape index (κ2) is 6.14. The first kappa shape index (κ1) is 12.5. The average Bonchev–Trinajstić information content (AvgIpc) is 2.16. The third-order valence-corrected chi connectivity index (χ3v) is 2.74. The maximum atomic E-state index is 6.03. The van der Waals surface area contributed by atoms with Crippen LogP contribution < -0.4 is 5.73 Å². The molecule has 0 aliphatic carbocycles. The van der Waals surface area contributed by atoms with Gasteiger partial charge in [-0.25, -0.2) is 0 Å². The number of rotatable bonds is 5. The lowest BCUT2D eigenvalue weighted by Crippen LogP contribution is -2.22. The summed E-state index contributed by atoms with van der Waals surface area (Å²) in [7, 11) is 0. The predicted molar refractivity (Wildman–Crippen MR) is 67.2 cm³/mol. The van der Waals surface area contributed by atoms with Crippen LogP contribution in [-0.4, -0.2) is 6.04 Å². The summed E-state index contributed by atoms with van der Waals surface area (Å²) in [5.41, 5.74) is 7.34. The molecule has 0 radical (unpaired) electrons. The van der Waals surface area contributed by atoms with E-state index in [0.29, 0.717) is 12.0 Å². The zero-order valence-corrected chi connectivity index (χ0v) is 10.3. The van der Waals surface area contributed by atoms with E-state index in [1.807, 2.05) is 12.1 Å². The number of nitrogens with two attached hydrogens (primary N) is 1. The minimum atomic E-state index is 0.320. The number of hydrogen-bond acceptors (Lipinski definition) is 1. The summed E-state index contributed by atoms with van der Waals surface area (Å²) in [6.45, 7) is 4.42. The van der Waals surface area contributed by atoms with E-state index in [0.717, 1.165) is 24.3 Å². The quantitative estimate of drug-likeness (QED) is 0.814. The van der Waals surface area contributed by atoms with Crippen molar-refractivity contribution in [2.75, 3.05) is 0 Å². The smallest absolute Gasteiger partial charge is 0.0406 e. The van der Waals surface area contributed by atoms with Crippen molar-refractivity contribution in [3.8, 4) is 0 Å². The molecule has 1 atom stereocenters. The van der Waals surface area contributed by atoms with E-state index in [2.05, 4.69) is 26.0 Å². The van der Waals surface area contributed by atoms with Crippen LogP contribution in [0.25, 0.3) is 0 Å². The van der Waals surface area contributed by atoms with E-state index < -0.39 is 0 Å². The van der Waals surface area contributed by atoms with E-state index in [-0.39, 0.29) is 0 Å². The van der Waals surface area contributed by atoms with E-state index in [1.165, 1.54) is 5.56 Å². The van der Waals surface area contributed by atoms with Gasteiger partial charge in [-0.3, -0.25) is 0 Å². The van der Waals surface area contributed by atoms with E-state index in [4.69, 9.17) is 17.3 Å². The fraction of sp³-hybridized carbons (Fsp3) is 0.538. The Kier molecular flexibility index (Phi) is 5.13. The minimum absolute atomic E-state index is 0.320. The molecule has 0 aliphatic heterocycles. The second-order valence-electron chi connectivity index (χ2n) is 4.55. The Bertz CT molecular complexity index is 279. The molecule has 1 rings (SSSR count). The maximum absolute atomic E-state index is 6.03. The molecule has 1 aromatic carbocycles. The van der Waals surface area contributed by atoms with Gasteiger partial charge in [0.25, 0.3) is 0 Å². The molecule has 0 saturated heterocycles. The summed E-state index contributed by atoms with van der Waals surface area (Å²) in [4.78, 5) is 0. The van der Waals surface area contributed by atoms with Gasteiger partial charge in [0.15, 0.2) is 0 Å². The second-order valence-corrected chi connectivity index (χ2v) is 4.99. The van der Waals surface area contributed by atoms with Gasteiger partial charge in [0, 0.05) is 11.1 Å². The molecule has 0 heterocycles. The lowest BCUT2D eigenvalue weighted by atomic mass is 9.98. The Morgan fingerprint density at radius 1 is 1.20 bits per heavy atom. The van der Waals surface area contributed by atoms with Crippen LogP contribution in [0.15, 0.2) is 24.3 Å². The molecule has 1 nitrogen and oxygen atoms in total. The zero-order valence-electron chi connectivity index (χ0n) is 9.54. The summed E-state index contributed by atoms with van der Waals surface area (Å²) in [6, 6.07) is 8.34. The van der Waals surface area contributed by atoms with Gasteiger partial charge >= 0.3 is 0 Å². The summed E-state index contributed by atoms with van der Waals surface area (Å²) < 4.78 is 0. The Hall–Kier alpha value is -0.530. The van der Waals surface area contributed by atoms with Crippen molar-refractivity contribution in [2.45, 2.75) is 39.2 Å². The number of halogens is 1. The van der Waals surface area contributed by atoms with Gasteiger partial charge in [-0.1, -0.05) is 37.6 Å². The maximum Gasteiger partial charge on any atom is 0.0406 e. The van der Waals surface area contributed by atoms with Crippen molar-refractivity contribution in [3.63, 3.8) is 0 Å². The van der Waals surface area contributed by atoms with Crippen LogP contribution in [-0.2, 0) is 6.42 Å². The van der Waals surface area contributed by atoms with Crippen LogP contribution >= 0.6 is 11.6 Å². The highest BCUT2D eigenvalue weighted by Crippen LogP contribution is 2.13. The van der Waals surface area contributed by atoms with Crippen LogP contribution in [0.2, 0.25) is 5.02 Å². The first-order valence-corrected chi connectivity index (χ1v) is 5.95. The fourth-order valence-electron chi connectivity index (χ4n) is 1.73. The number of benzene rings is 1. The lowest BCUT2D eigenvalue weighted by Gasteiger charge is -2.13. The molecular weight excluding hydrogens is 206 g/mol. The van der Waals surface area contributed by atoms with Gasteiger partial charge in [-0.05, 0) is 42.9 Å². The summed E-state index contributed by atoms with van der Waals surface area (Å²) in [5.74, 6) is 0.685. The molecule has 84 valence electrons. The molecule has 0 fully saturated rings. The molecule has 0 bridgehead atoms. The van der Waals surface area contributed by atoms with Gasteiger partial charge in [-0.2, -0.15) is 0 Å². The molecule has 0 aromatic heterocycles. The number of hydrogen-bond donors (Lipinski definition) is 1. The monoisotopic (exact) mass is 225 g/mol. The van der Waals surface area contributed by atoms with E-state index in [9.17, 15) is 0 Å². The van der Waals surface area contributed by atoms with Gasteiger partial charge in [0.2, 0.25) is 0 Å². The summed E-state index contributed by atoms with van der Waals surface area (Å²) in [6.07, 6.45) is 3.21. The minimum Gasteiger partial charge on any atom is -0.328 e. The van der Waals surface area contributed by atoms with Crippen molar-refractivity contribution in [1.82, 2.24) is 0 Å². The van der Waals surface area contributed by atoms with E-state index >= 15 is 0 Å². The summed E-state index contributed by atoms with van der Waals surface area (Å²) in [5, 5.41) is 0.797. The van der Waals surface area contributed by atoms with Gasteiger partial charge in [0.05, 0.1) is 0 Å². The van der Waals surface area contributed by atoms with Crippen LogP contribution in [0.3, 0.4) is 0 Å². The van der Waals surface area contributed by atoms with E-state index in [1.54, 1.807) is 0 Å². The van der Waals surface area contributed by atoms with Crippen molar-refractivity contribution in [1.29, 1.82) is 0 Å². The first-order chi connectivity index (χ1) is 7.08. The highest BCUT2D eigenvalue weighted by Gasteiger charge is 2.05. The normalized spacial score (nSPS) is 13.1. The molecule has 2 N–H and O–H groups in total. The topological polar surface area (TPSA) is 26.0 Å². The molecule has 1 aromatic rings. The molecule has 0 saturated carbocycles. The average molecular weight is 226 g/mol. The van der Waals surface area contributed by atoms with Gasteiger partial charge in [0.1, 0.15) is 0 Å². The third-order valence-electron chi connectivity index (χ3n) is 2.49. The van der Waals surface area contributed by atoms with Crippen molar-refractivity contribution in [3.05, 3.63) is 34.9 Å². The van der Waals surface area contributed by atoms with Crippen molar-refractivity contribution < 1.29 is 0 Å². The Labute approximate surface area is 97.6 Å². The largest absolute Gasteiger partial charge is 0.328 e. The third kappa shape index (κ3) is 5.19. The fourth-order valence-corrected chi connectivity index (χ4v) is 1.85. The van der Waals surface area contributed by atoms with Crippen molar-refractivity contribution in [2.24, 2.45) is 11.7 Å². The Morgan fingerprint density at radius 3 is 2.33 bits per heavy atom. The molecule has 0 amide bonds. The molecule has 1 unspecified atom stereocenters. The Balaban J connectivity index is 2.33. The van der Waals surface area contributed by atoms with Crippen LogP contribution in [0.4, 0.5) is 0 Å². The highest BCUT2D eigenvalue weighted by atomic mass is 35.5. The standard InChI is InChI=1S/C13H20ClN/c1-10(2)9-13(15)8-5-11-3-6-12(14)7-4-11/h3-4,6-7,10,13H,5,8-9,15H2,1-2H3. The Morgan fingerprint density at radius 2 is 1.80 bits per heavy atom. The molecular formula is C13H20ClN. The van der Waals surface area contributed by atoms with Crippen molar-refractivity contribution >= 4 is 11.6 Å². The SMILES string of the molecule is CC(C)CC(N)CCc1ccc(Cl)cc1. The van der Waals surface area contributed by atoms with Crippen LogP contribution in [0, 0.1) is 5.92 Å². The van der Waals surface area contributed by atoms with Gasteiger partial charge in [-0.15, -0.1) is 0 Å². The summed E-state index contributed by atoms with van der Waals surface area (Å²) >= 11 is 5.82. The predicted octanol–water partition coefficient (Wildman–Crippen LogP) is 3.65.